The third-order valence-electron chi connectivity index (χ3n) is 4.13. The molecule has 8 nitrogen and oxygen atoms in total. The number of carbonyl (C=O) groups is 3. The molecule has 2 rings (SSSR count). The zero-order valence-electron chi connectivity index (χ0n) is 13.8. The van der Waals surface area contributed by atoms with Gasteiger partial charge in [0.25, 0.3) is 5.91 Å². The third kappa shape index (κ3) is 4.65. The number of epoxide rings is 1. The molecule has 2 fully saturated rings. The fourth-order valence-electron chi connectivity index (χ4n) is 2.69. The average Bonchev–Trinajstić information content (AvgIpc) is 3.27. The summed E-state index contributed by atoms with van der Waals surface area (Å²) in [7, 11) is 2.01. The average molecular weight is 327 g/mol. The van der Waals surface area contributed by atoms with Crippen LogP contribution in [0.25, 0.3) is 0 Å². The minimum Gasteiger partial charge on any atom is -0.479 e. The number of hydrogen-bond donors (Lipinski definition) is 2. The van der Waals surface area contributed by atoms with Gasteiger partial charge in [0.2, 0.25) is 5.91 Å². The van der Waals surface area contributed by atoms with Gasteiger partial charge in [-0.25, -0.2) is 4.79 Å². The van der Waals surface area contributed by atoms with Gasteiger partial charge in [0.15, 0.2) is 12.2 Å². The lowest BCUT2D eigenvalue weighted by atomic mass is 10.0. The zero-order valence-corrected chi connectivity index (χ0v) is 13.8. The SMILES string of the molecule is CC(C)C[C@H](NC(=O)[C@@H]1O[C@H]1C(=O)O)C(=O)N1CCN(C)CC1. The molecular weight excluding hydrogens is 302 g/mol. The van der Waals surface area contributed by atoms with Crippen molar-refractivity contribution in [2.75, 3.05) is 33.2 Å². The Kier molecular flexibility index (Phi) is 5.59. The van der Waals surface area contributed by atoms with Crippen molar-refractivity contribution in [1.29, 1.82) is 0 Å². The van der Waals surface area contributed by atoms with Crippen molar-refractivity contribution < 1.29 is 24.2 Å². The van der Waals surface area contributed by atoms with E-state index in [9.17, 15) is 14.4 Å². The Morgan fingerprint density at radius 2 is 1.78 bits per heavy atom. The van der Waals surface area contributed by atoms with Crippen LogP contribution >= 0.6 is 0 Å². The normalized spacial score (nSPS) is 26.0. The van der Waals surface area contributed by atoms with Crippen molar-refractivity contribution in [2.24, 2.45) is 5.92 Å². The zero-order chi connectivity index (χ0) is 17.1. The standard InChI is InChI=1S/C15H25N3O5/c1-9(2)8-10(14(20)18-6-4-17(3)5-7-18)16-13(19)11-12(23-11)15(21)22/h9-12H,4-8H2,1-3H3,(H,16,19)(H,21,22)/t10-,11+,12+/m0/s1. The Balaban J connectivity index is 1.95. The van der Waals surface area contributed by atoms with Crippen LogP contribution in [0.3, 0.4) is 0 Å². The Labute approximate surface area is 135 Å². The number of amides is 2. The minimum absolute atomic E-state index is 0.104. The van der Waals surface area contributed by atoms with Gasteiger partial charge < -0.3 is 25.0 Å². The lowest BCUT2D eigenvalue weighted by molar-refractivity contribution is -0.138. The Morgan fingerprint density at radius 3 is 2.26 bits per heavy atom. The molecule has 3 atom stereocenters. The summed E-state index contributed by atoms with van der Waals surface area (Å²) >= 11 is 0. The van der Waals surface area contributed by atoms with E-state index < -0.39 is 30.1 Å². The quantitative estimate of drug-likeness (QED) is 0.616. The van der Waals surface area contributed by atoms with Crippen molar-refractivity contribution in [3.63, 3.8) is 0 Å². The number of rotatable bonds is 6. The van der Waals surface area contributed by atoms with Crippen molar-refractivity contribution in [3.05, 3.63) is 0 Å². The van der Waals surface area contributed by atoms with Gasteiger partial charge in [0.1, 0.15) is 6.04 Å². The Morgan fingerprint density at radius 1 is 1.17 bits per heavy atom. The lowest BCUT2D eigenvalue weighted by Gasteiger charge is -2.35. The fraction of sp³-hybridized carbons (Fsp3) is 0.800. The van der Waals surface area contributed by atoms with Crippen molar-refractivity contribution in [1.82, 2.24) is 15.1 Å². The highest BCUT2D eigenvalue weighted by atomic mass is 16.6. The molecule has 0 aliphatic carbocycles. The van der Waals surface area contributed by atoms with Crippen molar-refractivity contribution in [2.45, 2.75) is 38.5 Å². The number of piperazine rings is 1. The molecule has 130 valence electrons. The topological polar surface area (TPSA) is 102 Å². The van der Waals surface area contributed by atoms with Crippen LogP contribution in [0.1, 0.15) is 20.3 Å². The van der Waals surface area contributed by atoms with E-state index in [1.54, 1.807) is 4.90 Å². The van der Waals surface area contributed by atoms with E-state index in [1.807, 2.05) is 20.9 Å². The van der Waals surface area contributed by atoms with Crippen LogP contribution in [-0.4, -0.2) is 84.2 Å². The second-order valence-electron chi connectivity index (χ2n) is 6.63. The first-order valence-corrected chi connectivity index (χ1v) is 7.95. The molecule has 2 N–H and O–H groups in total. The maximum absolute atomic E-state index is 12.7. The number of hydrogen-bond acceptors (Lipinski definition) is 5. The molecular formula is C15H25N3O5. The van der Waals surface area contributed by atoms with Gasteiger partial charge in [-0.2, -0.15) is 0 Å². The van der Waals surface area contributed by atoms with Crippen molar-refractivity contribution >= 4 is 17.8 Å². The summed E-state index contributed by atoms with van der Waals surface area (Å²) in [5.41, 5.74) is 0. The van der Waals surface area contributed by atoms with Crippen LogP contribution < -0.4 is 5.32 Å². The van der Waals surface area contributed by atoms with Crippen LogP contribution in [-0.2, 0) is 19.1 Å². The molecule has 8 heteroatoms. The van der Waals surface area contributed by atoms with Gasteiger partial charge >= 0.3 is 5.97 Å². The molecule has 0 aromatic heterocycles. The predicted octanol–water partition coefficient (Wildman–Crippen LogP) is -0.857. The van der Waals surface area contributed by atoms with E-state index in [4.69, 9.17) is 9.84 Å². The second kappa shape index (κ2) is 7.27. The largest absolute Gasteiger partial charge is 0.479 e. The lowest BCUT2D eigenvalue weighted by Crippen LogP contribution is -2.55. The van der Waals surface area contributed by atoms with E-state index >= 15 is 0 Å². The first kappa shape index (κ1) is 17.7. The summed E-state index contributed by atoms with van der Waals surface area (Å²) in [4.78, 5) is 39.4. The van der Waals surface area contributed by atoms with Crippen LogP contribution in [0, 0.1) is 5.92 Å². The van der Waals surface area contributed by atoms with E-state index in [0.29, 0.717) is 19.5 Å². The molecule has 0 radical (unpaired) electrons. The molecule has 0 unspecified atom stereocenters. The summed E-state index contributed by atoms with van der Waals surface area (Å²) in [5.74, 6) is -1.55. The first-order valence-electron chi connectivity index (χ1n) is 7.95. The highest BCUT2D eigenvalue weighted by Gasteiger charge is 2.51. The molecule has 0 spiro atoms. The summed E-state index contributed by atoms with van der Waals surface area (Å²) in [6.45, 7) is 6.84. The maximum atomic E-state index is 12.7. The summed E-state index contributed by atoms with van der Waals surface area (Å²) in [6.07, 6.45) is -1.56. The van der Waals surface area contributed by atoms with Crippen molar-refractivity contribution in [3.8, 4) is 0 Å². The molecule has 2 amide bonds. The third-order valence-corrected chi connectivity index (χ3v) is 4.13. The smallest absolute Gasteiger partial charge is 0.336 e. The monoisotopic (exact) mass is 327 g/mol. The summed E-state index contributed by atoms with van der Waals surface area (Å²) < 4.78 is 4.84. The van der Waals surface area contributed by atoms with Crippen LogP contribution in [0.15, 0.2) is 0 Å². The van der Waals surface area contributed by atoms with E-state index in [-0.39, 0.29) is 11.8 Å². The number of aliphatic carboxylic acids is 1. The van der Waals surface area contributed by atoms with E-state index in [2.05, 4.69) is 10.2 Å². The fourth-order valence-corrected chi connectivity index (χ4v) is 2.69. The molecule has 2 heterocycles. The van der Waals surface area contributed by atoms with Crippen LogP contribution in [0.2, 0.25) is 0 Å². The number of carboxylic acid groups (broad SMARTS) is 1. The molecule has 0 bridgehead atoms. The summed E-state index contributed by atoms with van der Waals surface area (Å²) in [5, 5.41) is 11.5. The minimum atomic E-state index is -1.16. The Bertz CT molecular complexity index is 474. The van der Waals surface area contributed by atoms with E-state index in [0.717, 1.165) is 13.1 Å². The molecule has 0 saturated carbocycles. The Hall–Kier alpha value is -1.67. The molecule has 0 aromatic rings. The van der Waals surface area contributed by atoms with Gasteiger partial charge in [0, 0.05) is 26.2 Å². The molecule has 23 heavy (non-hydrogen) atoms. The number of nitrogens with one attached hydrogen (secondary N) is 1. The van der Waals surface area contributed by atoms with Gasteiger partial charge in [-0.15, -0.1) is 0 Å². The van der Waals surface area contributed by atoms with E-state index in [1.165, 1.54) is 0 Å². The molecule has 2 aliphatic rings. The molecule has 2 saturated heterocycles. The predicted molar refractivity (Wildman–Crippen MR) is 81.8 cm³/mol. The number of ether oxygens (including phenoxy) is 1. The highest BCUT2D eigenvalue weighted by Crippen LogP contribution is 2.23. The van der Waals surface area contributed by atoms with Gasteiger partial charge in [0.05, 0.1) is 0 Å². The number of carboxylic acids is 1. The number of likely N-dealkylation sites (N-methyl/N-ethyl adjacent to an activating group) is 1. The number of nitrogens with zero attached hydrogens (tertiary/aromatic N) is 2. The van der Waals surface area contributed by atoms with Gasteiger partial charge in [-0.3, -0.25) is 9.59 Å². The van der Waals surface area contributed by atoms with Crippen LogP contribution in [0.5, 0.6) is 0 Å². The number of carbonyl (C=O) groups excluding carboxylic acids is 2. The van der Waals surface area contributed by atoms with Crippen LogP contribution in [0.4, 0.5) is 0 Å². The molecule has 0 aromatic carbocycles. The second-order valence-corrected chi connectivity index (χ2v) is 6.63. The molecule has 2 aliphatic heterocycles. The van der Waals surface area contributed by atoms with Gasteiger partial charge in [-0.1, -0.05) is 13.8 Å². The summed E-state index contributed by atoms with van der Waals surface area (Å²) in [6, 6.07) is -0.635. The first-order chi connectivity index (χ1) is 10.8. The highest BCUT2D eigenvalue weighted by molar-refractivity contribution is 5.95. The maximum Gasteiger partial charge on any atom is 0.336 e. The van der Waals surface area contributed by atoms with Gasteiger partial charge in [-0.05, 0) is 19.4 Å².